The second-order valence-corrected chi connectivity index (χ2v) is 5.16. The van der Waals surface area contributed by atoms with Crippen LogP contribution < -0.4 is 10.6 Å². The number of nitrogens with one attached hydrogen (secondary N) is 2. The van der Waals surface area contributed by atoms with E-state index in [-0.39, 0.29) is 5.91 Å². The van der Waals surface area contributed by atoms with E-state index in [9.17, 15) is 4.79 Å². The molecular formula is C14H15ClN4O. The summed E-state index contributed by atoms with van der Waals surface area (Å²) in [5.74, 6) is 0.175. The third-order valence-electron chi connectivity index (χ3n) is 3.45. The minimum atomic E-state index is -0.241. The van der Waals surface area contributed by atoms with Gasteiger partial charge in [0.1, 0.15) is 0 Å². The topological polar surface area (TPSA) is 59.0 Å². The zero-order valence-corrected chi connectivity index (χ0v) is 11.9. The Labute approximate surface area is 122 Å². The Morgan fingerprint density at radius 2 is 2.25 bits per heavy atom. The number of halogens is 1. The normalized spacial score (nSPS) is 13.9. The van der Waals surface area contributed by atoms with Gasteiger partial charge in [0.15, 0.2) is 5.82 Å². The number of rotatable bonds is 2. The van der Waals surface area contributed by atoms with Gasteiger partial charge in [0.05, 0.1) is 16.4 Å². The Hall–Kier alpha value is -1.85. The second-order valence-electron chi connectivity index (χ2n) is 4.75. The fraction of sp³-hybridized carbons (Fsp3) is 0.286. The van der Waals surface area contributed by atoms with E-state index >= 15 is 0 Å². The molecule has 0 radical (unpaired) electrons. The molecular weight excluding hydrogens is 276 g/mol. The summed E-state index contributed by atoms with van der Waals surface area (Å²) in [4.78, 5) is 16.8. The van der Waals surface area contributed by atoms with Gasteiger partial charge in [-0.3, -0.25) is 4.79 Å². The molecule has 20 heavy (non-hydrogen) atoms. The van der Waals surface area contributed by atoms with E-state index in [0.29, 0.717) is 23.1 Å². The van der Waals surface area contributed by atoms with Crippen molar-refractivity contribution >= 4 is 23.2 Å². The second kappa shape index (κ2) is 5.26. The van der Waals surface area contributed by atoms with Gasteiger partial charge in [0.25, 0.3) is 5.91 Å². The molecule has 3 rings (SSSR count). The zero-order chi connectivity index (χ0) is 14.1. The summed E-state index contributed by atoms with van der Waals surface area (Å²) >= 11 is 6.04. The molecule has 5 nitrogen and oxygen atoms in total. The standard InChI is InChI=1S/C14H15ClN4O/c1-19-12-6-7-16-8-11(12)17-13(19)14(20)18-10-5-3-2-4-9(10)15/h2-5,16H,6-8H2,1H3,(H,18,20). The van der Waals surface area contributed by atoms with Crippen LogP contribution in [0.1, 0.15) is 22.0 Å². The number of imidazole rings is 1. The summed E-state index contributed by atoms with van der Waals surface area (Å²) in [6.07, 6.45) is 0.887. The maximum atomic E-state index is 12.3. The van der Waals surface area contributed by atoms with Crippen molar-refractivity contribution in [1.82, 2.24) is 14.9 Å². The van der Waals surface area contributed by atoms with Crippen LogP contribution in [0.3, 0.4) is 0 Å². The Bertz CT molecular complexity index is 665. The van der Waals surface area contributed by atoms with E-state index in [1.165, 1.54) is 0 Å². The van der Waals surface area contributed by atoms with Crippen LogP contribution in [0.2, 0.25) is 5.02 Å². The monoisotopic (exact) mass is 290 g/mol. The summed E-state index contributed by atoms with van der Waals surface area (Å²) in [5.41, 5.74) is 2.66. The maximum absolute atomic E-state index is 12.3. The number of para-hydroxylation sites is 1. The lowest BCUT2D eigenvalue weighted by Crippen LogP contribution is -2.24. The minimum Gasteiger partial charge on any atom is -0.327 e. The lowest BCUT2D eigenvalue weighted by Gasteiger charge is -2.12. The first kappa shape index (κ1) is 13.1. The van der Waals surface area contributed by atoms with Crippen LogP contribution in [0, 0.1) is 0 Å². The molecule has 2 N–H and O–H groups in total. The quantitative estimate of drug-likeness (QED) is 0.889. The van der Waals surface area contributed by atoms with Crippen molar-refractivity contribution in [2.75, 3.05) is 11.9 Å². The minimum absolute atomic E-state index is 0.241. The highest BCUT2D eigenvalue weighted by atomic mass is 35.5. The molecule has 1 aliphatic heterocycles. The molecule has 0 aliphatic carbocycles. The van der Waals surface area contributed by atoms with Crippen LogP contribution >= 0.6 is 11.6 Å². The van der Waals surface area contributed by atoms with Gasteiger partial charge in [0.2, 0.25) is 0 Å². The zero-order valence-electron chi connectivity index (χ0n) is 11.1. The first-order valence-electron chi connectivity index (χ1n) is 6.48. The largest absolute Gasteiger partial charge is 0.327 e. The van der Waals surface area contributed by atoms with Crippen molar-refractivity contribution in [3.63, 3.8) is 0 Å². The maximum Gasteiger partial charge on any atom is 0.291 e. The molecule has 1 aromatic heterocycles. The number of fused-ring (bicyclic) bond motifs is 1. The molecule has 1 aliphatic rings. The van der Waals surface area contributed by atoms with Crippen LogP contribution in [0.5, 0.6) is 0 Å². The molecule has 104 valence electrons. The first-order chi connectivity index (χ1) is 9.66. The SMILES string of the molecule is Cn1c(C(=O)Nc2ccccc2Cl)nc2c1CCNC2. The smallest absolute Gasteiger partial charge is 0.291 e. The Morgan fingerprint density at radius 3 is 3.00 bits per heavy atom. The van der Waals surface area contributed by atoms with E-state index in [4.69, 9.17) is 11.6 Å². The number of aromatic nitrogens is 2. The number of amides is 1. The Morgan fingerprint density at radius 1 is 1.45 bits per heavy atom. The molecule has 0 atom stereocenters. The van der Waals surface area contributed by atoms with Gasteiger partial charge in [-0.05, 0) is 12.1 Å². The van der Waals surface area contributed by atoms with Gasteiger partial charge in [-0.2, -0.15) is 0 Å². The number of carbonyl (C=O) groups excluding carboxylic acids is 1. The lowest BCUT2D eigenvalue weighted by molar-refractivity contribution is 0.101. The van der Waals surface area contributed by atoms with E-state index in [1.54, 1.807) is 12.1 Å². The Balaban J connectivity index is 1.88. The predicted octanol–water partition coefficient (Wildman–Crippen LogP) is 1.97. The van der Waals surface area contributed by atoms with Crippen LogP contribution in [0.15, 0.2) is 24.3 Å². The van der Waals surface area contributed by atoms with E-state index in [2.05, 4.69) is 15.6 Å². The third kappa shape index (κ3) is 2.30. The lowest BCUT2D eigenvalue weighted by atomic mass is 10.2. The first-order valence-corrected chi connectivity index (χ1v) is 6.85. The molecule has 1 aromatic carbocycles. The molecule has 1 amide bonds. The van der Waals surface area contributed by atoms with Gasteiger partial charge in [-0.25, -0.2) is 4.98 Å². The summed E-state index contributed by atoms with van der Waals surface area (Å²) in [7, 11) is 1.87. The highest BCUT2D eigenvalue weighted by Gasteiger charge is 2.22. The number of benzene rings is 1. The van der Waals surface area contributed by atoms with Gasteiger partial charge in [-0.1, -0.05) is 23.7 Å². The summed E-state index contributed by atoms with van der Waals surface area (Å²) in [5, 5.41) is 6.57. The average molecular weight is 291 g/mol. The summed E-state index contributed by atoms with van der Waals surface area (Å²) in [6.45, 7) is 1.63. The van der Waals surface area contributed by atoms with E-state index < -0.39 is 0 Å². The number of hydrogen-bond acceptors (Lipinski definition) is 3. The van der Waals surface area contributed by atoms with Gasteiger partial charge < -0.3 is 15.2 Å². The number of carbonyl (C=O) groups is 1. The van der Waals surface area contributed by atoms with Crippen molar-refractivity contribution in [1.29, 1.82) is 0 Å². The molecule has 0 saturated carbocycles. The molecule has 2 heterocycles. The molecule has 6 heteroatoms. The van der Waals surface area contributed by atoms with Gasteiger partial charge >= 0.3 is 0 Å². The van der Waals surface area contributed by atoms with Crippen LogP contribution in [0.25, 0.3) is 0 Å². The van der Waals surface area contributed by atoms with Crippen LogP contribution in [-0.4, -0.2) is 22.0 Å². The van der Waals surface area contributed by atoms with Crippen LogP contribution in [0.4, 0.5) is 5.69 Å². The number of hydrogen-bond donors (Lipinski definition) is 2. The molecule has 0 fully saturated rings. The van der Waals surface area contributed by atoms with Crippen molar-refractivity contribution in [2.24, 2.45) is 7.05 Å². The molecule has 0 saturated heterocycles. The fourth-order valence-electron chi connectivity index (χ4n) is 2.40. The average Bonchev–Trinajstić information content (AvgIpc) is 2.79. The number of nitrogens with zero attached hydrogens (tertiary/aromatic N) is 2. The predicted molar refractivity (Wildman–Crippen MR) is 78.0 cm³/mol. The number of anilines is 1. The summed E-state index contributed by atoms with van der Waals surface area (Å²) < 4.78 is 1.86. The highest BCUT2D eigenvalue weighted by molar-refractivity contribution is 6.33. The van der Waals surface area contributed by atoms with Crippen molar-refractivity contribution in [3.8, 4) is 0 Å². The third-order valence-corrected chi connectivity index (χ3v) is 3.78. The molecule has 0 bridgehead atoms. The van der Waals surface area contributed by atoms with Crippen molar-refractivity contribution in [3.05, 3.63) is 46.5 Å². The molecule has 0 unspecified atom stereocenters. The highest BCUT2D eigenvalue weighted by Crippen LogP contribution is 2.22. The summed E-state index contributed by atoms with van der Waals surface area (Å²) in [6, 6.07) is 7.16. The van der Waals surface area contributed by atoms with Gasteiger partial charge in [0, 0.05) is 32.3 Å². The molecule has 0 spiro atoms. The van der Waals surface area contributed by atoms with Gasteiger partial charge in [-0.15, -0.1) is 0 Å². The van der Waals surface area contributed by atoms with Crippen molar-refractivity contribution in [2.45, 2.75) is 13.0 Å². The van der Waals surface area contributed by atoms with Crippen LogP contribution in [-0.2, 0) is 20.0 Å². The molecule has 2 aromatic rings. The van der Waals surface area contributed by atoms with E-state index in [0.717, 1.165) is 24.4 Å². The van der Waals surface area contributed by atoms with Crippen molar-refractivity contribution < 1.29 is 4.79 Å². The van der Waals surface area contributed by atoms with E-state index in [1.807, 2.05) is 23.7 Å². The Kier molecular flexibility index (Phi) is 3.46. The fourth-order valence-corrected chi connectivity index (χ4v) is 2.58.